The average molecular weight is 239 g/mol. The Bertz CT molecular complexity index is 315. The molecule has 2 unspecified atom stereocenters. The van der Waals surface area contributed by atoms with Crippen molar-refractivity contribution < 1.29 is 5.11 Å². The van der Waals surface area contributed by atoms with Crippen molar-refractivity contribution in [3.63, 3.8) is 0 Å². The molecule has 2 atom stereocenters. The summed E-state index contributed by atoms with van der Waals surface area (Å²) in [7, 11) is 0. The maximum atomic E-state index is 8.80. The van der Waals surface area contributed by atoms with Crippen molar-refractivity contribution in [2.75, 3.05) is 12.4 Å². The number of nitrogens with two attached hydrogens (primary N) is 1. The first-order valence-electron chi connectivity index (χ1n) is 5.70. The van der Waals surface area contributed by atoms with E-state index in [1.807, 2.05) is 18.7 Å². The minimum atomic E-state index is 0.129. The Morgan fingerprint density at radius 3 is 2.62 bits per heavy atom. The van der Waals surface area contributed by atoms with Gasteiger partial charge in [0, 0.05) is 17.9 Å². The molecule has 1 aromatic carbocycles. The molecule has 0 saturated carbocycles. The number of benzene rings is 1. The van der Waals surface area contributed by atoms with Gasteiger partial charge in [-0.25, -0.2) is 0 Å². The molecule has 0 fully saturated rings. The third kappa shape index (κ3) is 3.81. The largest absolute Gasteiger partial charge is 0.396 e. The molecule has 3 heteroatoms. The normalized spacial score (nSPS) is 14.8. The first-order valence-corrected chi connectivity index (χ1v) is 6.75. The van der Waals surface area contributed by atoms with E-state index in [1.165, 1.54) is 11.1 Å². The molecule has 0 bridgehead atoms. The Morgan fingerprint density at radius 2 is 2.06 bits per heavy atom. The van der Waals surface area contributed by atoms with E-state index in [-0.39, 0.29) is 12.6 Å². The molecule has 0 aliphatic rings. The zero-order valence-corrected chi connectivity index (χ0v) is 10.8. The van der Waals surface area contributed by atoms with Crippen LogP contribution >= 0.6 is 11.8 Å². The first kappa shape index (κ1) is 13.6. The van der Waals surface area contributed by atoms with E-state index >= 15 is 0 Å². The molecule has 0 spiro atoms. The fraction of sp³-hybridized carbons (Fsp3) is 0.538. The molecule has 1 rings (SSSR count). The van der Waals surface area contributed by atoms with E-state index in [9.17, 15) is 0 Å². The number of aliphatic hydroxyl groups is 1. The van der Waals surface area contributed by atoms with Gasteiger partial charge in [-0.15, -0.1) is 0 Å². The van der Waals surface area contributed by atoms with Crippen molar-refractivity contribution in [2.45, 2.75) is 31.6 Å². The van der Waals surface area contributed by atoms with E-state index in [0.29, 0.717) is 5.25 Å². The summed E-state index contributed by atoms with van der Waals surface area (Å²) in [6.45, 7) is 4.42. The molecule has 1 aromatic rings. The second-order valence-corrected chi connectivity index (χ2v) is 5.33. The van der Waals surface area contributed by atoms with Gasteiger partial charge in [-0.1, -0.05) is 24.3 Å². The molecule has 0 aliphatic heterocycles. The fourth-order valence-corrected chi connectivity index (χ4v) is 3.00. The van der Waals surface area contributed by atoms with Gasteiger partial charge in [0.25, 0.3) is 0 Å². The van der Waals surface area contributed by atoms with Gasteiger partial charge >= 0.3 is 0 Å². The lowest BCUT2D eigenvalue weighted by Gasteiger charge is -2.22. The lowest BCUT2D eigenvalue weighted by molar-refractivity contribution is 0.296. The summed E-state index contributed by atoms with van der Waals surface area (Å²) in [4.78, 5) is 0. The maximum absolute atomic E-state index is 8.80. The second kappa shape index (κ2) is 6.94. The molecule has 2 nitrogen and oxygen atoms in total. The zero-order valence-electron chi connectivity index (χ0n) is 10.0. The van der Waals surface area contributed by atoms with Gasteiger partial charge in [-0.05, 0) is 37.1 Å². The van der Waals surface area contributed by atoms with Crippen LogP contribution < -0.4 is 5.73 Å². The van der Waals surface area contributed by atoms with Crippen LogP contribution in [0.1, 0.15) is 29.7 Å². The highest BCUT2D eigenvalue weighted by Gasteiger charge is 2.17. The smallest absolute Gasteiger partial charge is 0.0448 e. The summed E-state index contributed by atoms with van der Waals surface area (Å²) in [5.74, 6) is 0.955. The van der Waals surface area contributed by atoms with E-state index in [1.54, 1.807) is 0 Å². The Morgan fingerprint density at radius 1 is 1.38 bits per heavy atom. The van der Waals surface area contributed by atoms with Crippen LogP contribution in [0.3, 0.4) is 0 Å². The average Bonchev–Trinajstić information content (AvgIpc) is 2.25. The van der Waals surface area contributed by atoms with Gasteiger partial charge in [0.2, 0.25) is 0 Å². The summed E-state index contributed by atoms with van der Waals surface area (Å²) in [6, 6.07) is 8.51. The van der Waals surface area contributed by atoms with E-state index in [0.717, 1.165) is 12.2 Å². The van der Waals surface area contributed by atoms with Crippen LogP contribution in [0.25, 0.3) is 0 Å². The van der Waals surface area contributed by atoms with Gasteiger partial charge < -0.3 is 10.8 Å². The topological polar surface area (TPSA) is 46.2 Å². The molecular weight excluding hydrogens is 218 g/mol. The number of hydrogen-bond donors (Lipinski definition) is 2. The predicted octanol–water partition coefficient (Wildman–Crippen LogP) is 2.50. The summed E-state index contributed by atoms with van der Waals surface area (Å²) >= 11 is 1.84. The Hall–Kier alpha value is -0.510. The predicted molar refractivity (Wildman–Crippen MR) is 71.7 cm³/mol. The molecule has 0 aliphatic carbocycles. The third-order valence-electron chi connectivity index (χ3n) is 2.57. The number of aryl methyl sites for hydroxylation is 1. The molecule has 0 heterocycles. The quantitative estimate of drug-likeness (QED) is 0.750. The highest BCUT2D eigenvalue weighted by Crippen LogP contribution is 2.33. The molecular formula is C13H21NOS. The van der Waals surface area contributed by atoms with Crippen LogP contribution in [0.2, 0.25) is 0 Å². The first-order chi connectivity index (χ1) is 7.66. The highest BCUT2D eigenvalue weighted by atomic mass is 32.2. The van der Waals surface area contributed by atoms with Crippen molar-refractivity contribution in [2.24, 2.45) is 5.73 Å². The molecule has 0 radical (unpaired) electrons. The summed E-state index contributed by atoms with van der Waals surface area (Å²) in [5.41, 5.74) is 8.65. The summed E-state index contributed by atoms with van der Waals surface area (Å²) in [5, 5.41) is 9.12. The lowest BCUT2D eigenvalue weighted by Crippen LogP contribution is -2.23. The second-order valence-electron chi connectivity index (χ2n) is 4.08. The molecule has 90 valence electrons. The third-order valence-corrected chi connectivity index (χ3v) is 4.14. The van der Waals surface area contributed by atoms with Crippen molar-refractivity contribution >= 4 is 11.8 Å². The van der Waals surface area contributed by atoms with Crippen LogP contribution in [0, 0.1) is 6.92 Å². The number of aliphatic hydroxyl groups excluding tert-OH is 1. The van der Waals surface area contributed by atoms with Crippen LogP contribution in [0.5, 0.6) is 0 Å². The Labute approximate surface area is 102 Å². The van der Waals surface area contributed by atoms with Crippen LogP contribution in [0.4, 0.5) is 0 Å². The number of hydrogen-bond acceptors (Lipinski definition) is 3. The molecule has 0 saturated heterocycles. The van der Waals surface area contributed by atoms with E-state index in [2.05, 4.69) is 31.2 Å². The highest BCUT2D eigenvalue weighted by molar-refractivity contribution is 7.99. The lowest BCUT2D eigenvalue weighted by atomic mass is 10.0. The van der Waals surface area contributed by atoms with Crippen molar-refractivity contribution in [3.8, 4) is 0 Å². The van der Waals surface area contributed by atoms with Gasteiger partial charge in [-0.3, -0.25) is 0 Å². The van der Waals surface area contributed by atoms with Gasteiger partial charge in [0.15, 0.2) is 0 Å². The number of rotatable bonds is 6. The minimum Gasteiger partial charge on any atom is -0.396 e. The SMILES string of the molecule is Cc1ccccc1C(SCCCO)C(C)N. The summed E-state index contributed by atoms with van der Waals surface area (Å²) in [6.07, 6.45) is 0.833. The van der Waals surface area contributed by atoms with Crippen molar-refractivity contribution in [1.29, 1.82) is 0 Å². The summed E-state index contributed by atoms with van der Waals surface area (Å²) < 4.78 is 0. The standard InChI is InChI=1S/C13H21NOS/c1-10-6-3-4-7-12(10)13(11(2)14)16-9-5-8-15/h3-4,6-7,11,13,15H,5,8-9,14H2,1-2H3. The Kier molecular flexibility index (Phi) is 5.88. The number of thioether (sulfide) groups is 1. The van der Waals surface area contributed by atoms with Gasteiger partial charge in [0.1, 0.15) is 0 Å². The van der Waals surface area contributed by atoms with Crippen LogP contribution in [-0.2, 0) is 0 Å². The van der Waals surface area contributed by atoms with Gasteiger partial charge in [0.05, 0.1) is 0 Å². The molecule has 0 amide bonds. The van der Waals surface area contributed by atoms with E-state index < -0.39 is 0 Å². The minimum absolute atomic E-state index is 0.129. The molecule has 3 N–H and O–H groups in total. The van der Waals surface area contributed by atoms with Crippen LogP contribution in [-0.4, -0.2) is 23.5 Å². The van der Waals surface area contributed by atoms with E-state index in [4.69, 9.17) is 10.8 Å². The zero-order chi connectivity index (χ0) is 12.0. The van der Waals surface area contributed by atoms with Crippen LogP contribution in [0.15, 0.2) is 24.3 Å². The monoisotopic (exact) mass is 239 g/mol. The van der Waals surface area contributed by atoms with Gasteiger partial charge in [-0.2, -0.15) is 11.8 Å². The van der Waals surface area contributed by atoms with Crippen molar-refractivity contribution in [1.82, 2.24) is 0 Å². The Balaban J connectivity index is 2.74. The molecule has 16 heavy (non-hydrogen) atoms. The van der Waals surface area contributed by atoms with Crippen molar-refractivity contribution in [3.05, 3.63) is 35.4 Å². The maximum Gasteiger partial charge on any atom is 0.0448 e. The molecule has 0 aromatic heterocycles. The fourth-order valence-electron chi connectivity index (χ4n) is 1.71.